The van der Waals surface area contributed by atoms with Crippen LogP contribution in [0.2, 0.25) is 0 Å². The van der Waals surface area contributed by atoms with Gasteiger partial charge in [-0.05, 0) is 56.8 Å². The molecule has 2 aliphatic heterocycles. The van der Waals surface area contributed by atoms with E-state index in [0.29, 0.717) is 24.8 Å². The van der Waals surface area contributed by atoms with Gasteiger partial charge < -0.3 is 20.3 Å². The highest BCUT2D eigenvalue weighted by Gasteiger charge is 2.28. The zero-order valence-corrected chi connectivity index (χ0v) is 15.3. The summed E-state index contributed by atoms with van der Waals surface area (Å²) in [4.78, 5) is 26.6. The molecular formula is C20H29N3O3. The second-order valence-corrected chi connectivity index (χ2v) is 7.22. The number of nitrogens with one attached hydrogen (secondary N) is 2. The molecule has 2 saturated heterocycles. The van der Waals surface area contributed by atoms with E-state index in [2.05, 4.69) is 10.6 Å². The van der Waals surface area contributed by atoms with Crippen LogP contribution in [0.1, 0.15) is 25.7 Å². The first-order valence-electron chi connectivity index (χ1n) is 9.66. The van der Waals surface area contributed by atoms with Crippen molar-refractivity contribution in [3.05, 3.63) is 30.3 Å². The average molecular weight is 359 g/mol. The lowest BCUT2D eigenvalue weighted by molar-refractivity contribution is -0.137. The fourth-order valence-corrected chi connectivity index (χ4v) is 3.68. The van der Waals surface area contributed by atoms with Crippen LogP contribution < -0.4 is 15.4 Å². The minimum Gasteiger partial charge on any atom is -0.484 e. The normalized spacial score (nSPS) is 22.8. The zero-order chi connectivity index (χ0) is 18.2. The average Bonchev–Trinajstić information content (AvgIpc) is 3.20. The third kappa shape index (κ3) is 5.46. The number of rotatable bonds is 7. The van der Waals surface area contributed by atoms with Gasteiger partial charge in [-0.1, -0.05) is 18.2 Å². The van der Waals surface area contributed by atoms with E-state index < -0.39 is 0 Å². The van der Waals surface area contributed by atoms with Crippen LogP contribution >= 0.6 is 0 Å². The molecule has 3 rings (SSSR count). The topological polar surface area (TPSA) is 70.7 Å². The van der Waals surface area contributed by atoms with Gasteiger partial charge in [0.25, 0.3) is 5.91 Å². The SMILES string of the molecule is O=C(NCCC1CCNC1)C1CCCN(C(=O)COc2ccccc2)C1. The number of carbonyl (C=O) groups excluding carboxylic acids is 2. The molecule has 2 N–H and O–H groups in total. The Bertz CT molecular complexity index is 587. The van der Waals surface area contributed by atoms with Gasteiger partial charge in [0.15, 0.2) is 6.61 Å². The summed E-state index contributed by atoms with van der Waals surface area (Å²) >= 11 is 0. The van der Waals surface area contributed by atoms with Crippen LogP contribution in [0.3, 0.4) is 0 Å². The van der Waals surface area contributed by atoms with Gasteiger partial charge in [0.2, 0.25) is 5.91 Å². The Morgan fingerprint density at radius 1 is 1.23 bits per heavy atom. The lowest BCUT2D eigenvalue weighted by atomic mass is 9.96. The van der Waals surface area contributed by atoms with Gasteiger partial charge >= 0.3 is 0 Å². The van der Waals surface area contributed by atoms with E-state index in [1.165, 1.54) is 6.42 Å². The Balaban J connectivity index is 1.39. The molecule has 0 aromatic heterocycles. The van der Waals surface area contributed by atoms with Crippen molar-refractivity contribution in [2.45, 2.75) is 25.7 Å². The van der Waals surface area contributed by atoms with Crippen molar-refractivity contribution < 1.29 is 14.3 Å². The van der Waals surface area contributed by atoms with E-state index in [-0.39, 0.29) is 24.3 Å². The summed E-state index contributed by atoms with van der Waals surface area (Å²) in [6, 6.07) is 9.33. The molecule has 0 radical (unpaired) electrons. The molecule has 0 spiro atoms. The predicted octanol–water partition coefficient (Wildman–Crippen LogP) is 1.42. The molecule has 6 heteroatoms. The molecule has 2 amide bonds. The maximum Gasteiger partial charge on any atom is 0.260 e. The lowest BCUT2D eigenvalue weighted by Crippen LogP contribution is -2.47. The first kappa shape index (κ1) is 18.7. The van der Waals surface area contributed by atoms with Crippen LogP contribution in [0.5, 0.6) is 5.75 Å². The highest BCUT2D eigenvalue weighted by Crippen LogP contribution is 2.18. The third-order valence-electron chi connectivity index (χ3n) is 5.26. The highest BCUT2D eigenvalue weighted by atomic mass is 16.5. The van der Waals surface area contributed by atoms with Gasteiger partial charge in [-0.25, -0.2) is 0 Å². The summed E-state index contributed by atoms with van der Waals surface area (Å²) in [5.74, 6) is 1.29. The molecule has 142 valence electrons. The van der Waals surface area contributed by atoms with Crippen LogP contribution in [-0.2, 0) is 9.59 Å². The Morgan fingerprint density at radius 3 is 2.85 bits per heavy atom. The molecule has 2 unspecified atom stereocenters. The van der Waals surface area contributed by atoms with E-state index in [9.17, 15) is 9.59 Å². The zero-order valence-electron chi connectivity index (χ0n) is 15.3. The molecule has 2 aliphatic rings. The first-order valence-corrected chi connectivity index (χ1v) is 9.66. The molecule has 2 fully saturated rings. The monoisotopic (exact) mass is 359 g/mol. The number of likely N-dealkylation sites (tertiary alicyclic amines) is 1. The molecule has 6 nitrogen and oxygen atoms in total. The van der Waals surface area contributed by atoms with Crippen molar-refractivity contribution in [1.29, 1.82) is 0 Å². The Hall–Kier alpha value is -2.08. The van der Waals surface area contributed by atoms with Crippen molar-refractivity contribution in [2.24, 2.45) is 11.8 Å². The second-order valence-electron chi connectivity index (χ2n) is 7.22. The van der Waals surface area contributed by atoms with Crippen LogP contribution in [-0.4, -0.2) is 56.0 Å². The molecule has 2 heterocycles. The third-order valence-corrected chi connectivity index (χ3v) is 5.26. The number of hydrogen-bond acceptors (Lipinski definition) is 4. The lowest BCUT2D eigenvalue weighted by Gasteiger charge is -2.32. The molecule has 1 aromatic rings. The molecule has 2 atom stereocenters. The number of nitrogens with zero attached hydrogens (tertiary/aromatic N) is 1. The van der Waals surface area contributed by atoms with Crippen molar-refractivity contribution in [3.63, 3.8) is 0 Å². The minimum absolute atomic E-state index is 0.0209. The van der Waals surface area contributed by atoms with Crippen LogP contribution in [0.25, 0.3) is 0 Å². The first-order chi connectivity index (χ1) is 12.7. The Kier molecular flexibility index (Phi) is 6.89. The molecule has 0 saturated carbocycles. The Morgan fingerprint density at radius 2 is 2.08 bits per heavy atom. The maximum atomic E-state index is 12.4. The van der Waals surface area contributed by atoms with Gasteiger partial charge in [-0.15, -0.1) is 0 Å². The van der Waals surface area contributed by atoms with Gasteiger partial charge in [0.05, 0.1) is 5.92 Å². The van der Waals surface area contributed by atoms with Crippen LogP contribution in [0, 0.1) is 11.8 Å². The van der Waals surface area contributed by atoms with Crippen molar-refractivity contribution in [1.82, 2.24) is 15.5 Å². The smallest absolute Gasteiger partial charge is 0.260 e. The number of ether oxygens (including phenoxy) is 1. The summed E-state index contributed by atoms with van der Waals surface area (Å²) in [5.41, 5.74) is 0. The summed E-state index contributed by atoms with van der Waals surface area (Å²) in [7, 11) is 0. The van der Waals surface area contributed by atoms with Crippen LogP contribution in [0.4, 0.5) is 0 Å². The summed E-state index contributed by atoms with van der Waals surface area (Å²) in [5, 5.41) is 6.41. The highest BCUT2D eigenvalue weighted by molar-refractivity contribution is 5.81. The van der Waals surface area contributed by atoms with Crippen LogP contribution in [0.15, 0.2) is 30.3 Å². The van der Waals surface area contributed by atoms with Crippen molar-refractivity contribution in [2.75, 3.05) is 39.3 Å². The number of amides is 2. The summed E-state index contributed by atoms with van der Waals surface area (Å²) < 4.78 is 5.54. The largest absolute Gasteiger partial charge is 0.484 e. The quantitative estimate of drug-likeness (QED) is 0.772. The predicted molar refractivity (Wildman–Crippen MR) is 99.8 cm³/mol. The minimum atomic E-state index is -0.105. The van der Waals surface area contributed by atoms with Crippen molar-refractivity contribution >= 4 is 11.8 Å². The van der Waals surface area contributed by atoms with Gasteiger partial charge in [0, 0.05) is 19.6 Å². The van der Waals surface area contributed by atoms with E-state index in [0.717, 1.165) is 38.9 Å². The molecule has 26 heavy (non-hydrogen) atoms. The van der Waals surface area contributed by atoms with Gasteiger partial charge in [0.1, 0.15) is 5.75 Å². The number of piperidine rings is 1. The van der Waals surface area contributed by atoms with E-state index >= 15 is 0 Å². The fourth-order valence-electron chi connectivity index (χ4n) is 3.68. The number of carbonyl (C=O) groups is 2. The van der Waals surface area contributed by atoms with E-state index in [1.807, 2.05) is 30.3 Å². The van der Waals surface area contributed by atoms with E-state index in [4.69, 9.17) is 4.74 Å². The summed E-state index contributed by atoms with van der Waals surface area (Å²) in [6.07, 6.45) is 3.93. The van der Waals surface area contributed by atoms with Gasteiger partial charge in [-0.2, -0.15) is 0 Å². The van der Waals surface area contributed by atoms with E-state index in [1.54, 1.807) is 4.90 Å². The molecule has 0 aliphatic carbocycles. The standard InChI is InChI=1S/C20H29N3O3/c24-19(15-26-18-6-2-1-3-7-18)23-12-4-5-17(14-23)20(25)22-11-9-16-8-10-21-13-16/h1-3,6-7,16-17,21H,4-5,8-15H2,(H,22,25). The second kappa shape index (κ2) is 9.57. The summed E-state index contributed by atoms with van der Waals surface area (Å²) in [6.45, 7) is 4.09. The van der Waals surface area contributed by atoms with Crippen molar-refractivity contribution in [3.8, 4) is 5.75 Å². The number of hydrogen-bond donors (Lipinski definition) is 2. The number of para-hydroxylation sites is 1. The maximum absolute atomic E-state index is 12.4. The molecule has 1 aromatic carbocycles. The molecule has 0 bridgehead atoms. The van der Waals surface area contributed by atoms with Gasteiger partial charge in [-0.3, -0.25) is 9.59 Å². The number of benzene rings is 1. The molecular weight excluding hydrogens is 330 g/mol. The fraction of sp³-hybridized carbons (Fsp3) is 0.600. The Labute approximate surface area is 155 Å².